The van der Waals surface area contributed by atoms with Gasteiger partial charge in [0.05, 0.1) is 13.2 Å². The number of ether oxygens (including phenoxy) is 1. The number of aliphatic imine (C=N–C) groups is 1. The summed E-state index contributed by atoms with van der Waals surface area (Å²) in [7, 11) is 1.69. The maximum absolute atomic E-state index is 13.4. The molecule has 2 aliphatic heterocycles. The van der Waals surface area contributed by atoms with E-state index in [0.717, 1.165) is 44.7 Å². The molecule has 1 aliphatic carbocycles. The standard InChI is InChI=1S/C22H31N3O2/c1-4-20-23-22(21(26)25(20)11-12-27-3)10-9-18-14-24(15-19(18)22)13-17-8-6-5-7-16(17)2/h5-8,18-19H,4,9-15H2,1-3H3/t18-,19+,22-/m1/s1. The van der Waals surface area contributed by atoms with E-state index in [1.807, 2.05) is 4.90 Å². The summed E-state index contributed by atoms with van der Waals surface area (Å²) in [4.78, 5) is 22.9. The third-order valence-corrected chi connectivity index (χ3v) is 6.77. The first-order valence-corrected chi connectivity index (χ1v) is 10.3. The summed E-state index contributed by atoms with van der Waals surface area (Å²) in [5.41, 5.74) is 2.23. The van der Waals surface area contributed by atoms with Gasteiger partial charge in [-0.2, -0.15) is 0 Å². The topological polar surface area (TPSA) is 45.1 Å². The van der Waals surface area contributed by atoms with Crippen LogP contribution in [-0.2, 0) is 16.1 Å². The first-order valence-electron chi connectivity index (χ1n) is 10.3. The van der Waals surface area contributed by atoms with Crippen LogP contribution in [0, 0.1) is 18.8 Å². The van der Waals surface area contributed by atoms with Crippen molar-refractivity contribution in [3.05, 3.63) is 35.4 Å². The Hall–Kier alpha value is -1.72. The van der Waals surface area contributed by atoms with Gasteiger partial charge >= 0.3 is 0 Å². The van der Waals surface area contributed by atoms with Crippen LogP contribution in [0.4, 0.5) is 0 Å². The van der Waals surface area contributed by atoms with Gasteiger partial charge in [0.1, 0.15) is 11.4 Å². The van der Waals surface area contributed by atoms with E-state index in [2.05, 4.69) is 43.0 Å². The van der Waals surface area contributed by atoms with Crippen LogP contribution in [-0.4, -0.2) is 60.4 Å². The molecule has 3 atom stereocenters. The minimum atomic E-state index is -0.510. The maximum Gasteiger partial charge on any atom is 0.256 e. The van der Waals surface area contributed by atoms with Crippen LogP contribution in [0.5, 0.6) is 0 Å². The van der Waals surface area contributed by atoms with E-state index in [1.165, 1.54) is 11.1 Å². The molecule has 2 fully saturated rings. The van der Waals surface area contributed by atoms with Crippen LogP contribution in [0.2, 0.25) is 0 Å². The number of benzene rings is 1. The number of hydrogen-bond donors (Lipinski definition) is 0. The van der Waals surface area contributed by atoms with Crippen molar-refractivity contribution in [2.75, 3.05) is 33.4 Å². The summed E-state index contributed by atoms with van der Waals surface area (Å²) < 4.78 is 5.22. The summed E-state index contributed by atoms with van der Waals surface area (Å²) in [6, 6.07) is 8.62. The van der Waals surface area contributed by atoms with Crippen molar-refractivity contribution in [1.82, 2.24) is 9.80 Å². The highest BCUT2D eigenvalue weighted by Gasteiger charge is 2.60. The van der Waals surface area contributed by atoms with Gasteiger partial charge in [-0.05, 0) is 36.8 Å². The summed E-state index contributed by atoms with van der Waals surface area (Å²) in [5, 5.41) is 0. The predicted molar refractivity (Wildman–Crippen MR) is 107 cm³/mol. The second-order valence-corrected chi connectivity index (χ2v) is 8.28. The lowest BCUT2D eigenvalue weighted by Crippen LogP contribution is -2.47. The Kier molecular flexibility index (Phi) is 5.08. The Bertz CT molecular complexity index is 747. The van der Waals surface area contributed by atoms with Crippen LogP contribution >= 0.6 is 0 Å². The van der Waals surface area contributed by atoms with E-state index >= 15 is 0 Å². The minimum absolute atomic E-state index is 0.224. The monoisotopic (exact) mass is 369 g/mol. The average Bonchev–Trinajstić information content (AvgIpc) is 3.30. The molecule has 27 heavy (non-hydrogen) atoms. The first-order chi connectivity index (χ1) is 13.1. The summed E-state index contributed by atoms with van der Waals surface area (Å²) in [6.07, 6.45) is 2.83. The lowest BCUT2D eigenvalue weighted by Gasteiger charge is -2.28. The molecule has 1 saturated heterocycles. The molecule has 3 aliphatic rings. The van der Waals surface area contributed by atoms with Crippen molar-refractivity contribution in [3.8, 4) is 0 Å². The number of hydrogen-bond acceptors (Lipinski definition) is 4. The molecule has 1 aromatic carbocycles. The van der Waals surface area contributed by atoms with Crippen molar-refractivity contribution in [2.45, 2.75) is 45.2 Å². The molecule has 0 aromatic heterocycles. The Morgan fingerprint density at radius 3 is 2.85 bits per heavy atom. The number of likely N-dealkylation sites (tertiary alicyclic amines) is 1. The van der Waals surface area contributed by atoms with Gasteiger partial charge in [-0.3, -0.25) is 19.6 Å². The van der Waals surface area contributed by atoms with Crippen molar-refractivity contribution < 1.29 is 9.53 Å². The molecule has 1 amide bonds. The second kappa shape index (κ2) is 7.36. The zero-order chi connectivity index (χ0) is 19.0. The van der Waals surface area contributed by atoms with Crippen LogP contribution in [0.1, 0.15) is 37.3 Å². The molecule has 0 unspecified atom stereocenters. The molecule has 146 valence electrons. The number of methoxy groups -OCH3 is 1. The van der Waals surface area contributed by atoms with E-state index < -0.39 is 5.54 Å². The number of carbonyl (C=O) groups is 1. The third-order valence-electron chi connectivity index (χ3n) is 6.77. The predicted octanol–water partition coefficient (Wildman–Crippen LogP) is 2.87. The van der Waals surface area contributed by atoms with E-state index in [4.69, 9.17) is 9.73 Å². The van der Waals surface area contributed by atoms with Gasteiger partial charge in [-0.1, -0.05) is 31.2 Å². The van der Waals surface area contributed by atoms with Crippen LogP contribution in [0.3, 0.4) is 0 Å². The van der Waals surface area contributed by atoms with Crippen LogP contribution in [0.15, 0.2) is 29.3 Å². The summed E-state index contributed by atoms with van der Waals surface area (Å²) >= 11 is 0. The lowest BCUT2D eigenvalue weighted by molar-refractivity contribution is -0.132. The number of fused-ring (bicyclic) bond motifs is 2. The van der Waals surface area contributed by atoms with E-state index in [1.54, 1.807) is 7.11 Å². The van der Waals surface area contributed by atoms with Gasteiger partial charge in [0.15, 0.2) is 0 Å². The van der Waals surface area contributed by atoms with Gasteiger partial charge in [-0.15, -0.1) is 0 Å². The van der Waals surface area contributed by atoms with E-state index in [0.29, 0.717) is 25.0 Å². The van der Waals surface area contributed by atoms with Crippen molar-refractivity contribution in [3.63, 3.8) is 0 Å². The molecule has 5 heteroatoms. The van der Waals surface area contributed by atoms with Gasteiger partial charge in [0.2, 0.25) is 0 Å². The molecule has 1 saturated carbocycles. The number of carbonyl (C=O) groups excluding carboxylic acids is 1. The maximum atomic E-state index is 13.4. The quantitative estimate of drug-likeness (QED) is 0.775. The molecule has 1 aromatic rings. The van der Waals surface area contributed by atoms with Crippen LogP contribution in [0.25, 0.3) is 0 Å². The van der Waals surface area contributed by atoms with Crippen molar-refractivity contribution >= 4 is 11.7 Å². The molecular weight excluding hydrogens is 338 g/mol. The third kappa shape index (κ3) is 3.11. The molecule has 0 N–H and O–H groups in total. The largest absolute Gasteiger partial charge is 0.383 e. The number of rotatable bonds is 6. The summed E-state index contributed by atoms with van der Waals surface area (Å²) in [5.74, 6) is 2.11. The number of amidine groups is 1. The molecule has 2 heterocycles. The Balaban J connectivity index is 1.52. The number of amides is 1. The molecule has 0 bridgehead atoms. The van der Waals surface area contributed by atoms with Gasteiger partial charge in [-0.25, -0.2) is 0 Å². The SMILES string of the molecule is CCC1=N[C@@]2(CC[C@@H]3CN(Cc4ccccc4C)C[C@@H]32)C(=O)N1CCOC. The molecule has 5 nitrogen and oxygen atoms in total. The van der Waals surface area contributed by atoms with Crippen molar-refractivity contribution in [2.24, 2.45) is 16.8 Å². The zero-order valence-electron chi connectivity index (χ0n) is 16.8. The molecule has 4 rings (SSSR count). The fraction of sp³-hybridized carbons (Fsp3) is 0.636. The fourth-order valence-electron chi connectivity index (χ4n) is 5.32. The lowest BCUT2D eigenvalue weighted by atomic mass is 9.85. The molecule has 1 spiro atoms. The molecule has 0 radical (unpaired) electrons. The zero-order valence-corrected chi connectivity index (χ0v) is 16.8. The van der Waals surface area contributed by atoms with Gasteiger partial charge in [0.25, 0.3) is 5.91 Å². The van der Waals surface area contributed by atoms with Gasteiger partial charge in [0, 0.05) is 39.1 Å². The smallest absolute Gasteiger partial charge is 0.256 e. The Morgan fingerprint density at radius 2 is 2.11 bits per heavy atom. The fourth-order valence-corrected chi connectivity index (χ4v) is 5.32. The Labute approximate surface area is 162 Å². The van der Waals surface area contributed by atoms with Gasteiger partial charge < -0.3 is 4.74 Å². The normalized spacial score (nSPS) is 30.4. The first kappa shape index (κ1) is 18.6. The minimum Gasteiger partial charge on any atom is -0.383 e. The summed E-state index contributed by atoms with van der Waals surface area (Å²) in [6.45, 7) is 8.49. The Morgan fingerprint density at radius 1 is 1.30 bits per heavy atom. The van der Waals surface area contributed by atoms with Crippen molar-refractivity contribution in [1.29, 1.82) is 0 Å². The number of aryl methyl sites for hydroxylation is 1. The number of nitrogens with zero attached hydrogens (tertiary/aromatic N) is 3. The second-order valence-electron chi connectivity index (χ2n) is 8.28. The highest BCUT2D eigenvalue weighted by molar-refractivity contribution is 6.08. The van der Waals surface area contributed by atoms with Crippen LogP contribution < -0.4 is 0 Å². The van der Waals surface area contributed by atoms with E-state index in [9.17, 15) is 4.79 Å². The van der Waals surface area contributed by atoms with E-state index in [-0.39, 0.29) is 5.91 Å². The highest BCUT2D eigenvalue weighted by Crippen LogP contribution is 2.50. The average molecular weight is 370 g/mol. The molecular formula is C22H31N3O2. The highest BCUT2D eigenvalue weighted by atomic mass is 16.5.